The lowest BCUT2D eigenvalue weighted by Gasteiger charge is -2.11. The van der Waals surface area contributed by atoms with Gasteiger partial charge in [0.2, 0.25) is 9.84 Å². The molecule has 0 bridgehead atoms. The number of hydrogen-bond acceptors (Lipinski definition) is 7. The van der Waals surface area contributed by atoms with E-state index in [9.17, 15) is 8.42 Å². The molecule has 25 heavy (non-hydrogen) atoms. The zero-order chi connectivity index (χ0) is 18.8. The molecule has 0 aliphatic heterocycles. The monoisotopic (exact) mass is 462 g/mol. The van der Waals surface area contributed by atoms with Gasteiger partial charge < -0.3 is 11.1 Å². The normalized spacial score (nSPS) is 11.7. The van der Waals surface area contributed by atoms with E-state index in [0.29, 0.717) is 25.3 Å². The maximum Gasteiger partial charge on any atom is 0.210 e. The highest BCUT2D eigenvalue weighted by atomic mass is 79.9. The van der Waals surface area contributed by atoms with Gasteiger partial charge in [-0.2, -0.15) is 0 Å². The average Bonchev–Trinajstić information content (AvgIpc) is 2.98. The first kappa shape index (κ1) is 20.2. The van der Waals surface area contributed by atoms with Gasteiger partial charge in [-0.1, -0.05) is 13.8 Å². The van der Waals surface area contributed by atoms with Crippen molar-refractivity contribution in [2.45, 2.75) is 27.8 Å². The minimum Gasteiger partial charge on any atom is -0.383 e. The lowest BCUT2D eigenvalue weighted by Crippen LogP contribution is -2.11. The van der Waals surface area contributed by atoms with Gasteiger partial charge in [0.25, 0.3) is 0 Å². The van der Waals surface area contributed by atoms with Crippen LogP contribution in [-0.2, 0) is 9.84 Å². The first-order valence-electron chi connectivity index (χ1n) is 7.33. The fourth-order valence-electron chi connectivity index (χ4n) is 1.95. The summed E-state index contributed by atoms with van der Waals surface area (Å²) in [7, 11) is -3.75. The van der Waals surface area contributed by atoms with Gasteiger partial charge in [-0.05, 0) is 40.2 Å². The smallest absolute Gasteiger partial charge is 0.210 e. The molecule has 10 heteroatoms. The van der Waals surface area contributed by atoms with Crippen LogP contribution in [0, 0.1) is 11.3 Å². The van der Waals surface area contributed by atoms with Crippen LogP contribution >= 0.6 is 39.0 Å². The molecule has 2 aromatic heterocycles. The van der Waals surface area contributed by atoms with Crippen LogP contribution < -0.4 is 11.1 Å². The third kappa shape index (κ3) is 4.55. The topological polar surface area (TPSA) is 109 Å². The van der Waals surface area contributed by atoms with Crippen molar-refractivity contribution in [3.8, 4) is 0 Å². The van der Waals surface area contributed by atoms with Crippen LogP contribution in [0.15, 0.2) is 36.8 Å². The van der Waals surface area contributed by atoms with Gasteiger partial charge in [-0.15, -0.1) is 23.1 Å². The van der Waals surface area contributed by atoms with Gasteiger partial charge in [-0.3, -0.25) is 5.41 Å². The quantitative estimate of drug-likeness (QED) is 0.327. The fraction of sp³-hybridized carbons (Fsp3) is 0.333. The summed E-state index contributed by atoms with van der Waals surface area (Å²) in [5, 5.41) is 10.7. The molecule has 6 nitrogen and oxygen atoms in total. The van der Waals surface area contributed by atoms with Crippen LogP contribution in [0.25, 0.3) is 0 Å². The van der Waals surface area contributed by atoms with Crippen LogP contribution in [-0.4, -0.2) is 32.0 Å². The van der Waals surface area contributed by atoms with Gasteiger partial charge in [0.1, 0.15) is 11.7 Å². The molecule has 0 saturated heterocycles. The molecule has 2 aromatic rings. The Morgan fingerprint density at radius 2 is 2.16 bits per heavy atom. The van der Waals surface area contributed by atoms with Crippen molar-refractivity contribution < 1.29 is 8.42 Å². The molecule has 4 N–H and O–H groups in total. The Morgan fingerprint density at radius 1 is 1.48 bits per heavy atom. The van der Waals surface area contributed by atoms with Gasteiger partial charge in [0.05, 0.1) is 23.4 Å². The summed E-state index contributed by atoms with van der Waals surface area (Å²) >= 11 is 5.89. The number of sulfone groups is 1. The van der Waals surface area contributed by atoms with E-state index in [0.717, 1.165) is 6.54 Å². The highest BCUT2D eigenvalue weighted by molar-refractivity contribution is 9.10. The average molecular weight is 463 g/mol. The molecule has 0 aliphatic carbocycles. The summed E-state index contributed by atoms with van der Waals surface area (Å²) in [5.74, 6) is 0.902. The van der Waals surface area contributed by atoms with E-state index in [2.05, 4.69) is 40.1 Å². The fourth-order valence-corrected chi connectivity index (χ4v) is 6.41. The summed E-state index contributed by atoms with van der Waals surface area (Å²) in [6, 6.07) is 2.99. The number of nitrogens with zero attached hydrogens (tertiary/aromatic N) is 1. The number of anilines is 1. The van der Waals surface area contributed by atoms with Crippen LogP contribution in [0.4, 0.5) is 5.82 Å². The van der Waals surface area contributed by atoms with E-state index in [1.54, 1.807) is 12.3 Å². The lowest BCUT2D eigenvalue weighted by molar-refractivity contribution is 0.594. The van der Waals surface area contributed by atoms with Crippen LogP contribution in [0.1, 0.15) is 18.7 Å². The number of aromatic nitrogens is 1. The summed E-state index contributed by atoms with van der Waals surface area (Å²) < 4.78 is 27.1. The van der Waals surface area contributed by atoms with E-state index in [1.807, 2.05) is 0 Å². The molecule has 0 unspecified atom stereocenters. The van der Waals surface area contributed by atoms with Gasteiger partial charge >= 0.3 is 0 Å². The number of rotatable bonds is 7. The SMILES string of the molecule is CSc1sc(C(=N)N)cc1S(=O)(=O)c1cnc(NCC(C)C)c(Br)c1. The summed E-state index contributed by atoms with van der Waals surface area (Å²) in [4.78, 5) is 4.92. The zero-order valence-electron chi connectivity index (χ0n) is 14.0. The Kier molecular flexibility index (Phi) is 6.52. The highest BCUT2D eigenvalue weighted by Gasteiger charge is 2.26. The summed E-state index contributed by atoms with van der Waals surface area (Å²) in [6.45, 7) is 4.89. The van der Waals surface area contributed by atoms with Crippen molar-refractivity contribution in [3.05, 3.63) is 27.7 Å². The number of nitrogens with one attached hydrogen (secondary N) is 2. The van der Waals surface area contributed by atoms with E-state index in [-0.39, 0.29) is 15.6 Å². The Labute approximate surface area is 164 Å². The third-order valence-corrected chi connectivity index (χ3v) is 8.12. The van der Waals surface area contributed by atoms with E-state index >= 15 is 0 Å². The Morgan fingerprint density at radius 3 is 2.68 bits per heavy atom. The molecule has 0 fully saturated rings. The number of nitrogens with two attached hydrogens (primary N) is 1. The minimum absolute atomic E-state index is 0.0951. The molecule has 136 valence electrons. The van der Waals surface area contributed by atoms with Gasteiger partial charge in [0, 0.05) is 12.7 Å². The van der Waals surface area contributed by atoms with E-state index < -0.39 is 9.84 Å². The molecule has 0 radical (unpaired) electrons. The predicted octanol–water partition coefficient (Wildman–Crippen LogP) is 3.81. The number of thiophene rings is 1. The van der Waals surface area contributed by atoms with Crippen molar-refractivity contribution >= 4 is 60.5 Å². The van der Waals surface area contributed by atoms with Crippen molar-refractivity contribution in [2.75, 3.05) is 18.1 Å². The number of thioether (sulfide) groups is 1. The Hall–Kier alpha value is -1.10. The first-order valence-corrected chi connectivity index (χ1v) is 11.6. The third-order valence-electron chi connectivity index (χ3n) is 3.21. The molecule has 0 amide bonds. The second-order valence-corrected chi connectivity index (χ2v) is 10.6. The number of pyridine rings is 1. The standard InChI is InChI=1S/C15H19BrN4O2S3/c1-8(2)6-19-14-10(16)4-9(7-20-14)25(21,22)12-5-11(13(17)18)24-15(12)23-3/h4-5,7-8H,6H2,1-3H3,(H3,17,18)(H,19,20). The Bertz CT molecular complexity index is 894. The maximum atomic E-state index is 13.0. The lowest BCUT2D eigenvalue weighted by atomic mass is 10.2. The molecule has 0 aliphatic rings. The Balaban J connectivity index is 2.43. The molecule has 0 spiro atoms. The number of hydrogen-bond donors (Lipinski definition) is 3. The zero-order valence-corrected chi connectivity index (χ0v) is 18.0. The molecule has 0 aromatic carbocycles. The molecule has 2 heterocycles. The first-order chi connectivity index (χ1) is 11.7. The number of halogens is 1. The molecule has 0 saturated carbocycles. The van der Waals surface area contributed by atoms with Crippen molar-refractivity contribution in [1.82, 2.24) is 4.98 Å². The van der Waals surface area contributed by atoms with E-state index in [4.69, 9.17) is 11.1 Å². The van der Waals surface area contributed by atoms with Crippen molar-refractivity contribution in [2.24, 2.45) is 11.7 Å². The second kappa shape index (κ2) is 8.07. The van der Waals surface area contributed by atoms with Gasteiger partial charge in [0.15, 0.2) is 0 Å². The summed E-state index contributed by atoms with van der Waals surface area (Å²) in [6.07, 6.45) is 3.14. The van der Waals surface area contributed by atoms with Crippen molar-refractivity contribution in [3.63, 3.8) is 0 Å². The highest BCUT2D eigenvalue weighted by Crippen LogP contribution is 2.37. The second-order valence-electron chi connectivity index (χ2n) is 5.66. The maximum absolute atomic E-state index is 13.0. The molecule has 0 atom stereocenters. The van der Waals surface area contributed by atoms with Crippen LogP contribution in [0.5, 0.6) is 0 Å². The van der Waals surface area contributed by atoms with E-state index in [1.165, 1.54) is 35.4 Å². The summed E-state index contributed by atoms with van der Waals surface area (Å²) in [5.41, 5.74) is 5.50. The van der Waals surface area contributed by atoms with Gasteiger partial charge in [-0.25, -0.2) is 13.4 Å². The van der Waals surface area contributed by atoms with Crippen molar-refractivity contribution in [1.29, 1.82) is 5.41 Å². The largest absolute Gasteiger partial charge is 0.383 e. The van der Waals surface area contributed by atoms with Crippen LogP contribution in [0.3, 0.4) is 0 Å². The number of nitrogen functional groups attached to an aromatic ring is 1. The molecular weight excluding hydrogens is 444 g/mol. The molecule has 2 rings (SSSR count). The number of amidine groups is 1. The minimum atomic E-state index is -3.75. The molecular formula is C15H19BrN4O2S3. The van der Waals surface area contributed by atoms with Crippen LogP contribution in [0.2, 0.25) is 0 Å². The predicted molar refractivity (Wildman–Crippen MR) is 108 cm³/mol.